The lowest BCUT2D eigenvalue weighted by Gasteiger charge is -2.02. The third-order valence-electron chi connectivity index (χ3n) is 3.71. The van der Waals surface area contributed by atoms with Gasteiger partial charge in [-0.15, -0.1) is 0 Å². The molecule has 0 aliphatic heterocycles. The number of rotatable bonds is 8. The van der Waals surface area contributed by atoms with Crippen molar-refractivity contribution in [3.63, 3.8) is 0 Å². The summed E-state index contributed by atoms with van der Waals surface area (Å²) in [4.78, 5) is 16.5. The molecule has 0 aromatic carbocycles. The lowest BCUT2D eigenvalue weighted by atomic mass is 10.2. The molecule has 1 N–H and O–H groups in total. The van der Waals surface area contributed by atoms with Crippen molar-refractivity contribution in [2.24, 2.45) is 0 Å². The van der Waals surface area contributed by atoms with E-state index < -0.39 is 0 Å². The number of nitrogens with one attached hydrogen (secondary N) is 1. The zero-order chi connectivity index (χ0) is 18.6. The van der Waals surface area contributed by atoms with Crippen LogP contribution in [0, 0.1) is 23.2 Å². The first-order valence-electron chi connectivity index (χ1n) is 8.87. The molecule has 2 heterocycles. The van der Waals surface area contributed by atoms with E-state index in [0.29, 0.717) is 17.7 Å². The number of unbranched alkanes of at least 4 members (excludes halogenated alkanes) is 4. The minimum absolute atomic E-state index is 0.237. The summed E-state index contributed by atoms with van der Waals surface area (Å²) < 4.78 is 1.76. The molecule has 0 unspecified atom stereocenters. The number of nitrogens with zero attached hydrogens (tertiary/aromatic N) is 4. The molecule has 26 heavy (non-hydrogen) atoms. The summed E-state index contributed by atoms with van der Waals surface area (Å²) in [6.45, 7) is 2.85. The molecule has 2 aromatic heterocycles. The number of amides is 1. The standard InChI is InChI=1S/C20H23N5O/c1-2-3-4-6-9-17-12-18(14-22-13-17)20(26)24-19-15-23-25(16-19)11-8-5-7-10-21/h12-16H,2-5,7-8,11H2,1H3,(H,24,26). The fourth-order valence-electron chi connectivity index (χ4n) is 2.29. The Morgan fingerprint density at radius 2 is 2.12 bits per heavy atom. The minimum Gasteiger partial charge on any atom is -0.319 e. The van der Waals surface area contributed by atoms with E-state index in [9.17, 15) is 4.79 Å². The van der Waals surface area contributed by atoms with E-state index in [0.717, 1.165) is 44.2 Å². The summed E-state index contributed by atoms with van der Waals surface area (Å²) >= 11 is 0. The van der Waals surface area contributed by atoms with Crippen LogP contribution in [0.2, 0.25) is 0 Å². The maximum Gasteiger partial charge on any atom is 0.257 e. The maximum atomic E-state index is 12.4. The lowest BCUT2D eigenvalue weighted by molar-refractivity contribution is 0.102. The number of anilines is 1. The van der Waals surface area contributed by atoms with Crippen LogP contribution in [-0.2, 0) is 6.54 Å². The number of aromatic nitrogens is 3. The number of aryl methyl sites for hydroxylation is 1. The zero-order valence-electron chi connectivity index (χ0n) is 15.0. The lowest BCUT2D eigenvalue weighted by Crippen LogP contribution is -2.12. The van der Waals surface area contributed by atoms with Gasteiger partial charge in [0.05, 0.1) is 23.5 Å². The zero-order valence-corrected chi connectivity index (χ0v) is 15.0. The van der Waals surface area contributed by atoms with E-state index >= 15 is 0 Å². The van der Waals surface area contributed by atoms with Crippen molar-refractivity contribution >= 4 is 11.6 Å². The van der Waals surface area contributed by atoms with Gasteiger partial charge in [-0.1, -0.05) is 25.2 Å². The molecule has 0 aliphatic carbocycles. The van der Waals surface area contributed by atoms with Gasteiger partial charge in [-0.3, -0.25) is 14.5 Å². The van der Waals surface area contributed by atoms with Crippen molar-refractivity contribution in [1.29, 1.82) is 5.26 Å². The predicted molar refractivity (Wildman–Crippen MR) is 100 cm³/mol. The Kier molecular flexibility index (Phi) is 7.89. The summed E-state index contributed by atoms with van der Waals surface area (Å²) in [5.41, 5.74) is 1.84. The second-order valence-electron chi connectivity index (χ2n) is 5.93. The molecular weight excluding hydrogens is 326 g/mol. The Labute approximate surface area is 154 Å². The second-order valence-corrected chi connectivity index (χ2v) is 5.93. The average molecular weight is 349 g/mol. The third-order valence-corrected chi connectivity index (χ3v) is 3.71. The van der Waals surface area contributed by atoms with Gasteiger partial charge in [-0.2, -0.15) is 10.4 Å². The molecule has 0 bridgehead atoms. The highest BCUT2D eigenvalue weighted by Crippen LogP contribution is 2.10. The summed E-state index contributed by atoms with van der Waals surface area (Å²) in [7, 11) is 0. The molecule has 0 saturated heterocycles. The van der Waals surface area contributed by atoms with Crippen molar-refractivity contribution < 1.29 is 4.79 Å². The Balaban J connectivity index is 1.92. The van der Waals surface area contributed by atoms with Crippen molar-refractivity contribution in [2.45, 2.75) is 52.0 Å². The number of hydrogen-bond donors (Lipinski definition) is 1. The van der Waals surface area contributed by atoms with E-state index in [1.165, 1.54) is 6.20 Å². The molecule has 1 amide bonds. The molecule has 0 fully saturated rings. The number of carbonyl (C=O) groups excluding carboxylic acids is 1. The Hall–Kier alpha value is -3.12. The molecule has 2 aromatic rings. The summed E-state index contributed by atoms with van der Waals surface area (Å²) in [6.07, 6.45) is 11.9. The van der Waals surface area contributed by atoms with Gasteiger partial charge in [0.2, 0.25) is 0 Å². The Bertz CT molecular complexity index is 822. The van der Waals surface area contributed by atoms with Gasteiger partial charge in [0.25, 0.3) is 5.91 Å². The molecule has 0 spiro atoms. The molecule has 134 valence electrons. The van der Waals surface area contributed by atoms with Crippen molar-refractivity contribution in [1.82, 2.24) is 14.8 Å². The van der Waals surface area contributed by atoms with Crippen molar-refractivity contribution in [2.75, 3.05) is 5.32 Å². The minimum atomic E-state index is -0.237. The quantitative estimate of drug-likeness (QED) is 0.581. The van der Waals surface area contributed by atoms with Crippen LogP contribution in [0.15, 0.2) is 30.9 Å². The first kappa shape index (κ1) is 19.2. The van der Waals surface area contributed by atoms with Crippen LogP contribution in [0.5, 0.6) is 0 Å². The van der Waals surface area contributed by atoms with Gasteiger partial charge in [0, 0.05) is 43.5 Å². The molecule has 2 rings (SSSR count). The van der Waals surface area contributed by atoms with Gasteiger partial charge in [-0.05, 0) is 25.3 Å². The number of carbonyl (C=O) groups is 1. The van der Waals surface area contributed by atoms with Crippen LogP contribution >= 0.6 is 0 Å². The van der Waals surface area contributed by atoms with E-state index in [1.54, 1.807) is 29.3 Å². The van der Waals surface area contributed by atoms with E-state index in [-0.39, 0.29) is 5.91 Å². The third kappa shape index (κ3) is 6.41. The fraction of sp³-hybridized carbons (Fsp3) is 0.400. The van der Waals surface area contributed by atoms with E-state index in [1.807, 2.05) is 0 Å². The van der Waals surface area contributed by atoms with Crippen LogP contribution in [0.1, 0.15) is 61.4 Å². The Morgan fingerprint density at radius 3 is 2.92 bits per heavy atom. The van der Waals surface area contributed by atoms with Crippen LogP contribution in [-0.4, -0.2) is 20.7 Å². The van der Waals surface area contributed by atoms with Gasteiger partial charge in [0.1, 0.15) is 0 Å². The topological polar surface area (TPSA) is 83.6 Å². The van der Waals surface area contributed by atoms with Crippen LogP contribution in [0.3, 0.4) is 0 Å². The summed E-state index contributed by atoms with van der Waals surface area (Å²) in [5.74, 6) is 5.90. The first-order chi connectivity index (χ1) is 12.7. The second kappa shape index (κ2) is 10.7. The van der Waals surface area contributed by atoms with Crippen LogP contribution < -0.4 is 5.32 Å². The summed E-state index contributed by atoms with van der Waals surface area (Å²) in [5, 5.41) is 15.6. The van der Waals surface area contributed by atoms with Gasteiger partial charge in [0.15, 0.2) is 0 Å². The molecule has 0 aliphatic rings. The van der Waals surface area contributed by atoms with Crippen molar-refractivity contribution in [3.8, 4) is 17.9 Å². The highest BCUT2D eigenvalue weighted by Gasteiger charge is 2.08. The molecule has 6 heteroatoms. The monoisotopic (exact) mass is 349 g/mol. The normalized spacial score (nSPS) is 9.85. The largest absolute Gasteiger partial charge is 0.319 e. The molecule has 0 radical (unpaired) electrons. The van der Waals surface area contributed by atoms with Crippen LogP contribution in [0.4, 0.5) is 5.69 Å². The smallest absolute Gasteiger partial charge is 0.257 e. The van der Waals surface area contributed by atoms with E-state index in [2.05, 4.69) is 40.2 Å². The van der Waals surface area contributed by atoms with Gasteiger partial charge in [-0.25, -0.2) is 0 Å². The molecule has 6 nitrogen and oxygen atoms in total. The number of hydrogen-bond acceptors (Lipinski definition) is 4. The SMILES string of the molecule is CCCCC#Cc1cncc(C(=O)Nc2cnn(CCCCC#N)c2)c1. The predicted octanol–water partition coefficient (Wildman–Crippen LogP) is 3.77. The Morgan fingerprint density at radius 1 is 1.23 bits per heavy atom. The van der Waals surface area contributed by atoms with Crippen molar-refractivity contribution in [3.05, 3.63) is 42.0 Å². The summed E-state index contributed by atoms with van der Waals surface area (Å²) in [6, 6.07) is 3.87. The maximum absolute atomic E-state index is 12.4. The fourth-order valence-corrected chi connectivity index (χ4v) is 2.29. The van der Waals surface area contributed by atoms with E-state index in [4.69, 9.17) is 5.26 Å². The average Bonchev–Trinajstić information content (AvgIpc) is 3.10. The van der Waals surface area contributed by atoms with Gasteiger partial charge < -0.3 is 5.32 Å². The number of nitriles is 1. The molecule has 0 atom stereocenters. The highest BCUT2D eigenvalue weighted by molar-refractivity contribution is 6.04. The van der Waals surface area contributed by atoms with Crippen LogP contribution in [0.25, 0.3) is 0 Å². The first-order valence-corrected chi connectivity index (χ1v) is 8.87. The molecule has 0 saturated carbocycles. The van der Waals surface area contributed by atoms with Gasteiger partial charge >= 0.3 is 0 Å². The highest BCUT2D eigenvalue weighted by atomic mass is 16.1. The number of pyridine rings is 1. The molecular formula is C20H23N5O.